The summed E-state index contributed by atoms with van der Waals surface area (Å²) in [6.45, 7) is 6.45. The van der Waals surface area contributed by atoms with Crippen LogP contribution in [0.1, 0.15) is 60.4 Å². The number of cyclic esters (lactones) is 1. The smallest absolute Gasteiger partial charge is 0.309 e. The van der Waals surface area contributed by atoms with Gasteiger partial charge in [-0.15, -0.1) is 0 Å². The van der Waals surface area contributed by atoms with Crippen molar-refractivity contribution in [3.05, 3.63) is 62.2 Å². The summed E-state index contributed by atoms with van der Waals surface area (Å²) in [4.78, 5) is 33.0. The number of hydrogen-bond donors (Lipinski definition) is 1. The van der Waals surface area contributed by atoms with Crippen molar-refractivity contribution in [1.82, 2.24) is 14.5 Å². The van der Waals surface area contributed by atoms with Crippen molar-refractivity contribution in [2.45, 2.75) is 64.8 Å². The molecular formula is C27H28FN3O4. The summed E-state index contributed by atoms with van der Waals surface area (Å²) in [6, 6.07) is 5.12. The van der Waals surface area contributed by atoms with Gasteiger partial charge in [0.25, 0.3) is 5.56 Å². The maximum Gasteiger partial charge on any atom is 0.309 e. The summed E-state index contributed by atoms with van der Waals surface area (Å²) in [5, 5.41) is 12.3. The van der Waals surface area contributed by atoms with Crippen molar-refractivity contribution in [2.75, 3.05) is 13.1 Å². The number of rotatable bonds is 3. The Morgan fingerprint density at radius 1 is 1.17 bits per heavy atom. The number of aromatic nitrogens is 2. The predicted molar refractivity (Wildman–Crippen MR) is 128 cm³/mol. The predicted octanol–water partition coefficient (Wildman–Crippen LogP) is 3.51. The number of pyridine rings is 2. The van der Waals surface area contributed by atoms with Gasteiger partial charge in [-0.3, -0.25) is 14.5 Å². The number of hydrogen-bond acceptors (Lipinski definition) is 6. The number of esters is 1. The van der Waals surface area contributed by atoms with Crippen molar-refractivity contribution in [3.63, 3.8) is 0 Å². The van der Waals surface area contributed by atoms with Crippen molar-refractivity contribution in [2.24, 2.45) is 0 Å². The highest BCUT2D eigenvalue weighted by atomic mass is 19.1. The molecule has 0 bridgehead atoms. The number of benzene rings is 1. The van der Waals surface area contributed by atoms with Gasteiger partial charge < -0.3 is 14.4 Å². The molecule has 0 saturated carbocycles. The van der Waals surface area contributed by atoms with Gasteiger partial charge in [-0.25, -0.2) is 9.37 Å². The van der Waals surface area contributed by atoms with Crippen LogP contribution in [0.5, 0.6) is 0 Å². The molecule has 8 heteroatoms. The highest BCUT2D eigenvalue weighted by Gasteiger charge is 2.40. The number of nitrogens with zero attached hydrogens (tertiary/aromatic N) is 3. The molecular weight excluding hydrogens is 449 g/mol. The van der Waals surface area contributed by atoms with Crippen LogP contribution < -0.4 is 5.56 Å². The number of ether oxygens (including phenoxy) is 1. The molecule has 1 atom stereocenters. The fourth-order valence-corrected chi connectivity index (χ4v) is 5.83. The Bertz CT molecular complexity index is 1460. The topological polar surface area (TPSA) is 84.7 Å². The lowest BCUT2D eigenvalue weighted by Gasteiger charge is -2.26. The summed E-state index contributed by atoms with van der Waals surface area (Å²) in [5.74, 6) is -0.844. The molecule has 7 nitrogen and oxygen atoms in total. The van der Waals surface area contributed by atoms with E-state index in [-0.39, 0.29) is 30.8 Å². The standard InChI is InChI=1S/C27H28FN3O4/c1-3-27(34)11-24(32)35-14-19-20(27)9-23-25-18(13-31(23)26(19)33)17(12-30-6-4-5-7-30)16-8-15(2)21(28)10-22(16)29-25/h8-10,34H,3-7,11-14H2,1-2H3/t27-/m0/s1. The average Bonchev–Trinajstić information content (AvgIpc) is 3.44. The third-order valence-electron chi connectivity index (χ3n) is 7.92. The van der Waals surface area contributed by atoms with Gasteiger partial charge in [-0.05, 0) is 68.1 Å². The maximum absolute atomic E-state index is 14.6. The molecule has 35 heavy (non-hydrogen) atoms. The molecule has 182 valence electrons. The van der Waals surface area contributed by atoms with Crippen LogP contribution in [0.2, 0.25) is 0 Å². The molecule has 1 fully saturated rings. The van der Waals surface area contributed by atoms with Gasteiger partial charge in [0.2, 0.25) is 0 Å². The molecule has 6 rings (SSSR count). The van der Waals surface area contributed by atoms with Crippen LogP contribution in [0.25, 0.3) is 22.3 Å². The minimum atomic E-state index is -1.49. The number of carbonyl (C=O) groups is 1. The summed E-state index contributed by atoms with van der Waals surface area (Å²) in [6.07, 6.45) is 2.36. The van der Waals surface area contributed by atoms with Gasteiger partial charge in [-0.2, -0.15) is 0 Å². The Morgan fingerprint density at radius 2 is 1.94 bits per heavy atom. The van der Waals surface area contributed by atoms with Crippen LogP contribution in [0.3, 0.4) is 0 Å². The third kappa shape index (κ3) is 3.42. The summed E-state index contributed by atoms with van der Waals surface area (Å²) in [7, 11) is 0. The number of aliphatic hydroxyl groups is 1. The zero-order chi connectivity index (χ0) is 24.5. The quantitative estimate of drug-likeness (QED) is 0.455. The molecule has 3 aromatic rings. The van der Waals surface area contributed by atoms with Gasteiger partial charge in [-0.1, -0.05) is 6.92 Å². The normalized spacial score (nSPS) is 21.5. The van der Waals surface area contributed by atoms with Gasteiger partial charge >= 0.3 is 5.97 Å². The Balaban J connectivity index is 1.61. The van der Waals surface area contributed by atoms with Gasteiger partial charge in [0.05, 0.1) is 35.4 Å². The minimum Gasteiger partial charge on any atom is -0.460 e. The van der Waals surface area contributed by atoms with E-state index >= 15 is 0 Å². The lowest BCUT2D eigenvalue weighted by Crippen LogP contribution is -2.32. The van der Waals surface area contributed by atoms with E-state index in [1.54, 1.807) is 24.5 Å². The zero-order valence-electron chi connectivity index (χ0n) is 20.0. The second kappa shape index (κ2) is 7.96. The number of carbonyl (C=O) groups excluding carboxylic acids is 1. The van der Waals surface area contributed by atoms with Crippen molar-refractivity contribution < 1.29 is 19.0 Å². The molecule has 0 amide bonds. The van der Waals surface area contributed by atoms with Crippen molar-refractivity contribution in [3.8, 4) is 11.4 Å². The second-order valence-electron chi connectivity index (χ2n) is 10.1. The van der Waals surface area contributed by atoms with Crippen LogP contribution in [-0.4, -0.2) is 38.6 Å². The first-order valence-corrected chi connectivity index (χ1v) is 12.3. The number of aryl methyl sites for hydroxylation is 1. The van der Waals surface area contributed by atoms with E-state index < -0.39 is 11.6 Å². The largest absolute Gasteiger partial charge is 0.460 e. The summed E-state index contributed by atoms with van der Waals surface area (Å²) >= 11 is 0. The molecule has 1 N–H and O–H groups in total. The van der Waals surface area contributed by atoms with Crippen LogP contribution in [0.4, 0.5) is 4.39 Å². The van der Waals surface area contributed by atoms with E-state index in [0.29, 0.717) is 46.7 Å². The highest BCUT2D eigenvalue weighted by molar-refractivity contribution is 5.88. The van der Waals surface area contributed by atoms with E-state index in [9.17, 15) is 19.1 Å². The Morgan fingerprint density at radius 3 is 2.69 bits per heavy atom. The first-order valence-electron chi connectivity index (χ1n) is 12.3. The third-order valence-corrected chi connectivity index (χ3v) is 7.92. The van der Waals surface area contributed by atoms with Gasteiger partial charge in [0.15, 0.2) is 0 Å². The van der Waals surface area contributed by atoms with E-state index in [1.165, 1.54) is 6.07 Å². The number of fused-ring (bicyclic) bond motifs is 5. The van der Waals surface area contributed by atoms with E-state index in [2.05, 4.69) is 4.90 Å². The van der Waals surface area contributed by atoms with Gasteiger partial charge in [0.1, 0.15) is 18.0 Å². The molecule has 0 spiro atoms. The Labute approximate surface area is 202 Å². The molecule has 1 aromatic carbocycles. The van der Waals surface area contributed by atoms with Crippen LogP contribution in [-0.2, 0) is 34.8 Å². The first kappa shape index (κ1) is 22.4. The van der Waals surface area contributed by atoms with Crippen LogP contribution >= 0.6 is 0 Å². The SMILES string of the molecule is CC[C@]1(O)CC(=O)OCc2c1cc1n(c2=O)Cc2c-1nc1cc(F)c(C)cc1c2CN1CCCC1. The second-order valence-corrected chi connectivity index (χ2v) is 10.1. The minimum absolute atomic E-state index is 0.160. The molecule has 0 unspecified atom stereocenters. The molecule has 3 aliphatic heterocycles. The molecule has 5 heterocycles. The highest BCUT2D eigenvalue weighted by Crippen LogP contribution is 2.41. The fraction of sp³-hybridized carbons (Fsp3) is 0.444. The molecule has 1 saturated heterocycles. The molecule has 0 radical (unpaired) electrons. The van der Waals surface area contributed by atoms with Gasteiger partial charge in [0, 0.05) is 23.6 Å². The van der Waals surface area contributed by atoms with E-state index in [1.807, 2.05) is 6.07 Å². The lowest BCUT2D eigenvalue weighted by molar-refractivity contribution is -0.149. The van der Waals surface area contributed by atoms with Crippen LogP contribution in [0.15, 0.2) is 23.0 Å². The zero-order valence-corrected chi connectivity index (χ0v) is 20.0. The lowest BCUT2D eigenvalue weighted by atomic mass is 9.85. The first-order chi connectivity index (χ1) is 16.8. The molecule has 2 aromatic heterocycles. The van der Waals surface area contributed by atoms with E-state index in [4.69, 9.17) is 9.72 Å². The molecule has 3 aliphatic rings. The summed E-state index contributed by atoms with van der Waals surface area (Å²) in [5.41, 5.74) is 3.36. The average molecular weight is 478 g/mol. The van der Waals surface area contributed by atoms with Crippen LogP contribution in [0, 0.1) is 12.7 Å². The maximum atomic E-state index is 14.6. The van der Waals surface area contributed by atoms with Crippen molar-refractivity contribution >= 4 is 16.9 Å². The monoisotopic (exact) mass is 477 g/mol. The number of likely N-dealkylation sites (tertiary alicyclic amines) is 1. The summed E-state index contributed by atoms with van der Waals surface area (Å²) < 4.78 is 21.5. The number of halogens is 1. The van der Waals surface area contributed by atoms with Crippen molar-refractivity contribution in [1.29, 1.82) is 0 Å². The molecule has 0 aliphatic carbocycles. The Kier molecular flexibility index (Phi) is 5.09. The van der Waals surface area contributed by atoms with E-state index in [0.717, 1.165) is 42.4 Å². The fourth-order valence-electron chi connectivity index (χ4n) is 5.83. The Hall–Kier alpha value is -3.10.